The van der Waals surface area contributed by atoms with Gasteiger partial charge in [0.1, 0.15) is 0 Å². The summed E-state index contributed by atoms with van der Waals surface area (Å²) >= 11 is 0. The van der Waals surface area contributed by atoms with E-state index in [2.05, 4.69) is 65.6 Å². The van der Waals surface area contributed by atoms with Gasteiger partial charge in [-0.25, -0.2) is 0 Å². The summed E-state index contributed by atoms with van der Waals surface area (Å²) in [5.74, 6) is 0.690. The lowest BCUT2D eigenvalue weighted by atomic mass is 9.90. The number of piperidine rings is 1. The Morgan fingerprint density at radius 1 is 1.00 bits per heavy atom. The fourth-order valence-electron chi connectivity index (χ4n) is 3.62. The molecule has 0 spiro atoms. The maximum absolute atomic E-state index is 6.34. The number of hydrogen-bond acceptors (Lipinski definition) is 2. The molecule has 1 saturated heterocycles. The van der Waals surface area contributed by atoms with Crippen LogP contribution in [0, 0.1) is 0 Å². The topological polar surface area (TPSA) is 29.3 Å². The van der Waals surface area contributed by atoms with Gasteiger partial charge in [-0.05, 0) is 55.8 Å². The van der Waals surface area contributed by atoms with Crippen LogP contribution in [0.15, 0.2) is 60.7 Å². The van der Waals surface area contributed by atoms with E-state index in [9.17, 15) is 0 Å². The molecule has 0 amide bonds. The Morgan fingerprint density at radius 3 is 2.43 bits per heavy atom. The summed E-state index contributed by atoms with van der Waals surface area (Å²) in [5.41, 5.74) is 9.18. The highest BCUT2D eigenvalue weighted by Gasteiger charge is 2.21. The van der Waals surface area contributed by atoms with Crippen molar-refractivity contribution in [2.45, 2.75) is 37.6 Å². The summed E-state index contributed by atoms with van der Waals surface area (Å²) in [6.45, 7) is 3.53. The standard InChI is InChI=1S/C21H28N2/c22-21(16-18-8-3-1-4-9-18)13-15-23-14-7-12-20(17-23)19-10-5-2-6-11-19/h1-6,8-11,20-21H,7,12-17,22H2. The summed E-state index contributed by atoms with van der Waals surface area (Å²) < 4.78 is 0. The van der Waals surface area contributed by atoms with Crippen LogP contribution in [0.2, 0.25) is 0 Å². The molecule has 1 fully saturated rings. The van der Waals surface area contributed by atoms with Gasteiger partial charge in [0.25, 0.3) is 0 Å². The SMILES string of the molecule is NC(CCN1CCCC(c2ccccc2)C1)Cc1ccccc1. The maximum Gasteiger partial charge on any atom is 0.00914 e. The molecule has 2 nitrogen and oxygen atoms in total. The predicted octanol–water partition coefficient (Wildman–Crippen LogP) is 3.83. The Morgan fingerprint density at radius 2 is 1.70 bits per heavy atom. The van der Waals surface area contributed by atoms with Gasteiger partial charge in [-0.2, -0.15) is 0 Å². The Bertz CT molecular complexity index is 567. The van der Waals surface area contributed by atoms with Gasteiger partial charge in [0.05, 0.1) is 0 Å². The van der Waals surface area contributed by atoms with Crippen molar-refractivity contribution in [1.82, 2.24) is 4.90 Å². The molecule has 0 aliphatic carbocycles. The summed E-state index contributed by atoms with van der Waals surface area (Å²) in [4.78, 5) is 2.60. The third-order valence-corrected chi connectivity index (χ3v) is 4.93. The smallest absolute Gasteiger partial charge is 0.00914 e. The van der Waals surface area contributed by atoms with Gasteiger partial charge in [-0.3, -0.25) is 0 Å². The minimum Gasteiger partial charge on any atom is -0.327 e. The van der Waals surface area contributed by atoms with Crippen LogP contribution in [0.4, 0.5) is 0 Å². The third kappa shape index (κ3) is 4.92. The van der Waals surface area contributed by atoms with E-state index >= 15 is 0 Å². The second kappa shape index (κ2) is 8.28. The summed E-state index contributed by atoms with van der Waals surface area (Å²) in [6, 6.07) is 21.8. The van der Waals surface area contributed by atoms with Crippen LogP contribution < -0.4 is 5.73 Å². The second-order valence-electron chi connectivity index (χ2n) is 6.79. The molecule has 2 aromatic carbocycles. The van der Waals surface area contributed by atoms with Gasteiger partial charge in [0, 0.05) is 12.6 Å². The van der Waals surface area contributed by atoms with E-state index in [-0.39, 0.29) is 6.04 Å². The molecule has 0 aromatic heterocycles. The van der Waals surface area contributed by atoms with Crippen molar-refractivity contribution in [2.24, 2.45) is 5.73 Å². The van der Waals surface area contributed by atoms with Crippen molar-refractivity contribution in [1.29, 1.82) is 0 Å². The Balaban J connectivity index is 1.46. The van der Waals surface area contributed by atoms with Crippen molar-refractivity contribution in [3.63, 3.8) is 0 Å². The largest absolute Gasteiger partial charge is 0.327 e. The van der Waals surface area contributed by atoms with E-state index in [1.165, 1.54) is 37.1 Å². The second-order valence-corrected chi connectivity index (χ2v) is 6.79. The van der Waals surface area contributed by atoms with E-state index in [1.54, 1.807) is 0 Å². The molecule has 0 radical (unpaired) electrons. The lowest BCUT2D eigenvalue weighted by Gasteiger charge is -2.33. The Kier molecular flexibility index (Phi) is 5.84. The van der Waals surface area contributed by atoms with Crippen LogP contribution in [-0.4, -0.2) is 30.6 Å². The lowest BCUT2D eigenvalue weighted by molar-refractivity contribution is 0.201. The molecule has 0 bridgehead atoms. The normalized spacial score (nSPS) is 20.3. The average molecular weight is 308 g/mol. The minimum absolute atomic E-state index is 0.259. The van der Waals surface area contributed by atoms with E-state index < -0.39 is 0 Å². The monoisotopic (exact) mass is 308 g/mol. The van der Waals surface area contributed by atoms with Crippen LogP contribution in [0.1, 0.15) is 36.3 Å². The quantitative estimate of drug-likeness (QED) is 0.879. The first-order valence-corrected chi connectivity index (χ1v) is 8.88. The molecular formula is C21H28N2. The number of nitrogens with zero attached hydrogens (tertiary/aromatic N) is 1. The van der Waals surface area contributed by atoms with E-state index in [1.807, 2.05) is 0 Å². The summed E-state index contributed by atoms with van der Waals surface area (Å²) in [6.07, 6.45) is 4.68. The fourth-order valence-corrected chi connectivity index (χ4v) is 3.62. The van der Waals surface area contributed by atoms with E-state index in [4.69, 9.17) is 5.73 Å². The van der Waals surface area contributed by atoms with Crippen molar-refractivity contribution in [3.8, 4) is 0 Å². The highest BCUT2D eigenvalue weighted by atomic mass is 15.1. The number of nitrogens with two attached hydrogens (primary N) is 1. The molecule has 1 aliphatic rings. The molecule has 3 rings (SSSR count). The van der Waals surface area contributed by atoms with E-state index in [0.717, 1.165) is 19.4 Å². The van der Waals surface area contributed by atoms with Gasteiger partial charge >= 0.3 is 0 Å². The Labute approximate surface area is 140 Å². The molecule has 1 heterocycles. The fraction of sp³-hybridized carbons (Fsp3) is 0.429. The summed E-state index contributed by atoms with van der Waals surface area (Å²) in [5, 5.41) is 0. The number of benzene rings is 2. The van der Waals surface area contributed by atoms with Gasteiger partial charge in [0.15, 0.2) is 0 Å². The highest BCUT2D eigenvalue weighted by molar-refractivity contribution is 5.20. The molecule has 2 unspecified atom stereocenters. The number of hydrogen-bond donors (Lipinski definition) is 1. The predicted molar refractivity (Wildman–Crippen MR) is 97.6 cm³/mol. The molecule has 2 heteroatoms. The van der Waals surface area contributed by atoms with Crippen LogP contribution >= 0.6 is 0 Å². The first-order chi connectivity index (χ1) is 11.3. The zero-order valence-corrected chi connectivity index (χ0v) is 13.9. The molecule has 122 valence electrons. The molecule has 23 heavy (non-hydrogen) atoms. The zero-order valence-electron chi connectivity index (χ0n) is 13.9. The van der Waals surface area contributed by atoms with Crippen molar-refractivity contribution < 1.29 is 0 Å². The van der Waals surface area contributed by atoms with Crippen molar-refractivity contribution in [3.05, 3.63) is 71.8 Å². The molecule has 1 aliphatic heterocycles. The van der Waals surface area contributed by atoms with Gasteiger partial charge in [-0.1, -0.05) is 60.7 Å². The highest BCUT2D eigenvalue weighted by Crippen LogP contribution is 2.26. The van der Waals surface area contributed by atoms with Crippen LogP contribution in [0.3, 0.4) is 0 Å². The van der Waals surface area contributed by atoms with Crippen LogP contribution in [-0.2, 0) is 6.42 Å². The Hall–Kier alpha value is -1.64. The van der Waals surface area contributed by atoms with Gasteiger partial charge < -0.3 is 10.6 Å². The molecule has 2 atom stereocenters. The van der Waals surface area contributed by atoms with Gasteiger partial charge in [-0.15, -0.1) is 0 Å². The molecule has 2 aromatic rings. The zero-order chi connectivity index (χ0) is 15.9. The number of rotatable bonds is 6. The van der Waals surface area contributed by atoms with E-state index in [0.29, 0.717) is 5.92 Å². The van der Waals surface area contributed by atoms with Gasteiger partial charge in [0.2, 0.25) is 0 Å². The lowest BCUT2D eigenvalue weighted by Crippen LogP contribution is -2.37. The molecular weight excluding hydrogens is 280 g/mol. The summed E-state index contributed by atoms with van der Waals surface area (Å²) in [7, 11) is 0. The molecule has 2 N–H and O–H groups in total. The minimum atomic E-state index is 0.259. The third-order valence-electron chi connectivity index (χ3n) is 4.93. The van der Waals surface area contributed by atoms with Crippen LogP contribution in [0.25, 0.3) is 0 Å². The van der Waals surface area contributed by atoms with Crippen molar-refractivity contribution in [2.75, 3.05) is 19.6 Å². The molecule has 0 saturated carbocycles. The number of likely N-dealkylation sites (tertiary alicyclic amines) is 1. The average Bonchev–Trinajstić information content (AvgIpc) is 2.62. The maximum atomic E-state index is 6.34. The first kappa shape index (κ1) is 16.2. The first-order valence-electron chi connectivity index (χ1n) is 8.88. The van der Waals surface area contributed by atoms with Crippen molar-refractivity contribution >= 4 is 0 Å². The van der Waals surface area contributed by atoms with Crippen LogP contribution in [0.5, 0.6) is 0 Å².